The molecule has 4 aromatic rings. The topological polar surface area (TPSA) is 133 Å². The summed E-state index contributed by atoms with van der Waals surface area (Å²) in [5.74, 6) is -0.0834. The van der Waals surface area contributed by atoms with Crippen molar-refractivity contribution in [2.24, 2.45) is 5.41 Å². The molecule has 2 saturated carbocycles. The van der Waals surface area contributed by atoms with E-state index in [9.17, 15) is 9.18 Å². The van der Waals surface area contributed by atoms with Gasteiger partial charge in [0.05, 0.1) is 29.3 Å². The molecule has 0 radical (unpaired) electrons. The van der Waals surface area contributed by atoms with Crippen molar-refractivity contribution in [3.8, 4) is 6.07 Å². The van der Waals surface area contributed by atoms with E-state index in [4.69, 9.17) is 5.26 Å². The van der Waals surface area contributed by atoms with Crippen LogP contribution in [0.15, 0.2) is 49.1 Å². The van der Waals surface area contributed by atoms with Crippen LogP contribution in [0.5, 0.6) is 0 Å². The second kappa shape index (κ2) is 9.13. The number of nitriles is 1. The van der Waals surface area contributed by atoms with E-state index in [1.54, 1.807) is 12.1 Å². The number of halogens is 1. The van der Waals surface area contributed by atoms with E-state index in [1.807, 2.05) is 6.07 Å². The van der Waals surface area contributed by atoms with Gasteiger partial charge in [-0.15, -0.1) is 5.10 Å². The molecule has 0 saturated heterocycles. The van der Waals surface area contributed by atoms with Crippen LogP contribution in [0.1, 0.15) is 54.6 Å². The minimum absolute atomic E-state index is 0.0154. The molecule has 4 heterocycles. The maximum absolute atomic E-state index is 14.1. The Balaban J connectivity index is 1.35. The summed E-state index contributed by atoms with van der Waals surface area (Å²) in [4.78, 5) is 25.5. The van der Waals surface area contributed by atoms with Gasteiger partial charge in [0, 0.05) is 24.5 Å². The van der Waals surface area contributed by atoms with E-state index in [-0.39, 0.29) is 11.4 Å². The Bertz CT molecular complexity index is 1520. The van der Waals surface area contributed by atoms with Crippen molar-refractivity contribution in [1.82, 2.24) is 24.6 Å². The highest BCUT2D eigenvalue weighted by Gasteiger charge is 2.54. The molecule has 0 aromatic carbocycles. The summed E-state index contributed by atoms with van der Waals surface area (Å²) in [6, 6.07) is 8.97. The average Bonchev–Trinajstić information content (AvgIpc) is 3.35. The smallest absolute Gasteiger partial charge is 0.276 e. The van der Waals surface area contributed by atoms with Crippen LogP contribution in [0.4, 0.5) is 27.4 Å². The second-order valence-corrected chi connectivity index (χ2v) is 9.62. The van der Waals surface area contributed by atoms with E-state index in [0.29, 0.717) is 40.0 Å². The maximum atomic E-state index is 14.1. The predicted molar refractivity (Wildman–Crippen MR) is 135 cm³/mol. The summed E-state index contributed by atoms with van der Waals surface area (Å²) >= 11 is 0. The van der Waals surface area contributed by atoms with Crippen molar-refractivity contribution in [2.75, 3.05) is 16.0 Å². The number of imidazole rings is 1. The molecular formula is C26H24FN9O. The lowest BCUT2D eigenvalue weighted by Crippen LogP contribution is -2.20. The summed E-state index contributed by atoms with van der Waals surface area (Å²) in [6.07, 6.45) is 12.6. The van der Waals surface area contributed by atoms with Gasteiger partial charge in [0.15, 0.2) is 17.2 Å². The number of nitrogens with zero attached hydrogens (tertiary/aromatic N) is 6. The lowest BCUT2D eigenvalue weighted by atomic mass is 9.86. The first-order chi connectivity index (χ1) is 18.0. The zero-order valence-electron chi connectivity index (χ0n) is 19.9. The summed E-state index contributed by atoms with van der Waals surface area (Å²) < 4.78 is 15.5. The second-order valence-electron chi connectivity index (χ2n) is 9.62. The molecule has 186 valence electrons. The Kier molecular flexibility index (Phi) is 5.64. The van der Waals surface area contributed by atoms with Gasteiger partial charge in [-0.1, -0.05) is 19.3 Å². The highest BCUT2D eigenvalue weighted by Crippen LogP contribution is 2.57. The molecular weight excluding hydrogens is 473 g/mol. The molecule has 3 N–H and O–H groups in total. The first kappa shape index (κ1) is 22.8. The van der Waals surface area contributed by atoms with E-state index in [1.165, 1.54) is 61.3 Å². The zero-order valence-corrected chi connectivity index (χ0v) is 19.9. The van der Waals surface area contributed by atoms with Gasteiger partial charge in [-0.2, -0.15) is 5.26 Å². The van der Waals surface area contributed by atoms with Crippen LogP contribution in [-0.4, -0.2) is 36.5 Å². The highest BCUT2D eigenvalue weighted by molar-refractivity contribution is 6.03. The predicted octanol–water partition coefficient (Wildman–Crippen LogP) is 4.66. The van der Waals surface area contributed by atoms with Crippen molar-refractivity contribution in [3.63, 3.8) is 0 Å². The van der Waals surface area contributed by atoms with Crippen molar-refractivity contribution < 1.29 is 9.18 Å². The molecule has 2 aliphatic rings. The van der Waals surface area contributed by atoms with Crippen LogP contribution < -0.4 is 16.0 Å². The summed E-state index contributed by atoms with van der Waals surface area (Å²) in [5.41, 5.74) is 1.92. The summed E-state index contributed by atoms with van der Waals surface area (Å²) in [5, 5.41) is 23.1. The van der Waals surface area contributed by atoms with Crippen LogP contribution in [0.2, 0.25) is 0 Å². The molecule has 10 nitrogen and oxygen atoms in total. The fraction of sp³-hybridized carbons (Fsp3) is 0.308. The number of aromatic nitrogens is 5. The molecule has 0 bridgehead atoms. The monoisotopic (exact) mass is 497 g/mol. The molecule has 1 amide bonds. The molecule has 11 heteroatoms. The lowest BCUT2D eigenvalue weighted by molar-refractivity contribution is 0.102. The van der Waals surface area contributed by atoms with Gasteiger partial charge >= 0.3 is 0 Å². The van der Waals surface area contributed by atoms with Gasteiger partial charge in [0.2, 0.25) is 0 Å². The molecule has 1 spiro atoms. The van der Waals surface area contributed by atoms with E-state index < -0.39 is 11.7 Å². The largest absolute Gasteiger partial charge is 0.365 e. The first-order valence-electron chi connectivity index (χ1n) is 12.2. The van der Waals surface area contributed by atoms with Gasteiger partial charge in [-0.05, 0) is 42.9 Å². The zero-order chi connectivity index (χ0) is 25.4. The standard InChI is InChI=1S/C26H24FN9O/c27-17-14-29-9-6-18(17)33-25(37)20-15-31-24-19(32-22-5-4-16(12-28)13-30-22)10-23(35-36(20)24)34-21-11-26(21)7-2-1-3-8-26/h4-6,9-10,13-15,21H,1-3,7-8,11H2,(H,30,32)(H,34,35)(H,29,33,37). The Hall–Kier alpha value is -4.59. The van der Waals surface area contributed by atoms with Crippen molar-refractivity contribution >= 4 is 34.6 Å². The number of anilines is 4. The van der Waals surface area contributed by atoms with Gasteiger partial charge in [0.25, 0.3) is 5.91 Å². The number of fused-ring (bicyclic) bond motifs is 1. The fourth-order valence-corrected chi connectivity index (χ4v) is 5.16. The van der Waals surface area contributed by atoms with E-state index in [2.05, 4.69) is 42.1 Å². The van der Waals surface area contributed by atoms with Crippen molar-refractivity contribution in [2.45, 2.75) is 44.6 Å². The quantitative estimate of drug-likeness (QED) is 0.350. The van der Waals surface area contributed by atoms with Crippen LogP contribution in [0.3, 0.4) is 0 Å². The number of nitrogens with one attached hydrogen (secondary N) is 3. The number of pyridine rings is 2. The van der Waals surface area contributed by atoms with Gasteiger partial charge in [0.1, 0.15) is 17.7 Å². The normalized spacial score (nSPS) is 17.8. The van der Waals surface area contributed by atoms with Crippen molar-refractivity contribution in [1.29, 1.82) is 5.26 Å². The third kappa shape index (κ3) is 4.42. The molecule has 6 rings (SSSR count). The molecule has 2 aliphatic carbocycles. The molecule has 1 atom stereocenters. The number of amides is 1. The third-order valence-corrected chi connectivity index (χ3v) is 7.24. The van der Waals surface area contributed by atoms with Crippen LogP contribution in [-0.2, 0) is 0 Å². The van der Waals surface area contributed by atoms with Crippen LogP contribution >= 0.6 is 0 Å². The van der Waals surface area contributed by atoms with Gasteiger partial charge in [-0.3, -0.25) is 9.78 Å². The number of hydrogen-bond donors (Lipinski definition) is 3. The van der Waals surface area contributed by atoms with E-state index >= 15 is 0 Å². The minimum Gasteiger partial charge on any atom is -0.365 e. The molecule has 1 unspecified atom stereocenters. The lowest BCUT2D eigenvalue weighted by Gasteiger charge is -2.22. The Morgan fingerprint density at radius 2 is 1.95 bits per heavy atom. The molecule has 4 aromatic heterocycles. The summed E-state index contributed by atoms with van der Waals surface area (Å²) in [6.45, 7) is 0. The number of rotatable bonds is 6. The fourth-order valence-electron chi connectivity index (χ4n) is 5.16. The average molecular weight is 498 g/mol. The highest BCUT2D eigenvalue weighted by atomic mass is 19.1. The summed E-state index contributed by atoms with van der Waals surface area (Å²) in [7, 11) is 0. The number of carbonyl (C=O) groups excluding carboxylic acids is 1. The molecule has 0 aliphatic heterocycles. The van der Waals surface area contributed by atoms with E-state index in [0.717, 1.165) is 12.6 Å². The van der Waals surface area contributed by atoms with Crippen LogP contribution in [0.25, 0.3) is 5.65 Å². The maximum Gasteiger partial charge on any atom is 0.276 e. The Morgan fingerprint density at radius 3 is 2.70 bits per heavy atom. The third-order valence-electron chi connectivity index (χ3n) is 7.24. The first-order valence-corrected chi connectivity index (χ1v) is 12.2. The molecule has 37 heavy (non-hydrogen) atoms. The van der Waals surface area contributed by atoms with Gasteiger partial charge in [-0.25, -0.2) is 18.9 Å². The van der Waals surface area contributed by atoms with Crippen LogP contribution in [0, 0.1) is 22.6 Å². The van der Waals surface area contributed by atoms with Crippen molar-refractivity contribution in [3.05, 3.63) is 66.1 Å². The SMILES string of the molecule is N#Cc1ccc(Nc2cc(NC3CC34CCCCC4)nn3c(C(=O)Nc4ccncc4F)cnc23)nc1. The Labute approximate surface area is 212 Å². The number of hydrogen-bond acceptors (Lipinski definition) is 8. The molecule has 2 fully saturated rings. The van der Waals surface area contributed by atoms with Gasteiger partial charge < -0.3 is 16.0 Å². The Morgan fingerprint density at radius 1 is 1.08 bits per heavy atom. The number of carbonyl (C=O) groups is 1. The minimum atomic E-state index is -0.638.